The second-order valence-corrected chi connectivity index (χ2v) is 11.9. The normalized spacial score (nSPS) is 15.9. The highest BCUT2D eigenvalue weighted by molar-refractivity contribution is 6.05. The van der Waals surface area contributed by atoms with Gasteiger partial charge in [0.25, 0.3) is 5.91 Å². The maximum Gasteiger partial charge on any atom is 0.416 e. The number of hydrogen-bond donors (Lipinski definition) is 1. The molecule has 0 saturated heterocycles. The minimum atomic E-state index is -5.22. The van der Waals surface area contributed by atoms with E-state index in [2.05, 4.69) is 5.32 Å². The highest BCUT2D eigenvalue weighted by Gasteiger charge is 2.42. The smallest absolute Gasteiger partial charge is 0.352 e. The van der Waals surface area contributed by atoms with Crippen molar-refractivity contribution in [3.8, 4) is 0 Å². The number of rotatable bonds is 6. The second-order valence-electron chi connectivity index (χ2n) is 11.9. The van der Waals surface area contributed by atoms with Gasteiger partial charge in [0, 0.05) is 36.4 Å². The summed E-state index contributed by atoms with van der Waals surface area (Å²) < 4.78 is 96.0. The molecular formula is C32H30F7N3O3. The van der Waals surface area contributed by atoms with Crippen molar-refractivity contribution in [3.05, 3.63) is 100 Å². The van der Waals surface area contributed by atoms with E-state index in [-0.39, 0.29) is 24.7 Å². The van der Waals surface area contributed by atoms with Gasteiger partial charge in [0.1, 0.15) is 11.9 Å². The van der Waals surface area contributed by atoms with E-state index < -0.39 is 77.0 Å². The molecule has 4 rings (SSSR count). The Labute approximate surface area is 254 Å². The summed E-state index contributed by atoms with van der Waals surface area (Å²) in [4.78, 5) is 43.4. The molecule has 0 radical (unpaired) electrons. The van der Waals surface area contributed by atoms with Crippen molar-refractivity contribution in [3.63, 3.8) is 0 Å². The van der Waals surface area contributed by atoms with Crippen LogP contribution < -0.4 is 10.2 Å². The van der Waals surface area contributed by atoms with Crippen molar-refractivity contribution >= 4 is 23.4 Å². The summed E-state index contributed by atoms with van der Waals surface area (Å²) in [5.41, 5.74) is -3.95. The van der Waals surface area contributed by atoms with Gasteiger partial charge >= 0.3 is 12.4 Å². The Bertz CT molecular complexity index is 1560. The van der Waals surface area contributed by atoms with E-state index in [1.807, 2.05) is 20.8 Å². The van der Waals surface area contributed by atoms with Gasteiger partial charge in [-0.15, -0.1) is 0 Å². The van der Waals surface area contributed by atoms with Gasteiger partial charge in [0.2, 0.25) is 11.8 Å². The van der Waals surface area contributed by atoms with Crippen LogP contribution in [0.25, 0.3) is 0 Å². The van der Waals surface area contributed by atoms with Gasteiger partial charge in [-0.25, -0.2) is 4.39 Å². The number of halogens is 7. The first kappa shape index (κ1) is 33.5. The standard InChI is InChI=1S/C32H30F7N3O3/c1-30(2,3)18-42-25-11-7-5-9-20(25)17-41(26(29(42)45)15-27(43)40-16-19-8-4-6-10-24(19)33)28(44)21-12-22(31(34,35)36)14-23(13-21)32(37,38)39/h4-14,26H,15-18H2,1-3H3,(H,40,43). The van der Waals surface area contributed by atoms with E-state index in [0.717, 1.165) is 4.90 Å². The van der Waals surface area contributed by atoms with Crippen LogP contribution in [0.1, 0.15) is 59.8 Å². The summed E-state index contributed by atoms with van der Waals surface area (Å²) >= 11 is 0. The summed E-state index contributed by atoms with van der Waals surface area (Å²) in [5, 5.41) is 2.48. The highest BCUT2D eigenvalue weighted by atomic mass is 19.4. The molecule has 1 aliphatic heterocycles. The Kier molecular flexibility index (Phi) is 9.32. The second kappa shape index (κ2) is 12.5. The minimum absolute atomic E-state index is 0.0988. The lowest BCUT2D eigenvalue weighted by molar-refractivity contribution is -0.143. The Morgan fingerprint density at radius 2 is 1.44 bits per heavy atom. The molecule has 3 aromatic rings. The molecule has 0 spiro atoms. The summed E-state index contributed by atoms with van der Waals surface area (Å²) in [6.45, 7) is 4.97. The molecule has 3 amide bonds. The quantitative estimate of drug-likeness (QED) is 0.297. The SMILES string of the molecule is CC(C)(C)CN1C(=O)C(CC(=O)NCc2ccccc2F)N(C(=O)c2cc(C(F)(F)F)cc(C(F)(F)F)c2)Cc2ccccc21. The molecule has 0 bridgehead atoms. The van der Waals surface area contributed by atoms with E-state index in [9.17, 15) is 45.1 Å². The molecule has 6 nitrogen and oxygen atoms in total. The largest absolute Gasteiger partial charge is 0.416 e. The molecular weight excluding hydrogens is 607 g/mol. The van der Waals surface area contributed by atoms with E-state index in [4.69, 9.17) is 0 Å². The Morgan fingerprint density at radius 3 is 2.02 bits per heavy atom. The van der Waals surface area contributed by atoms with E-state index in [1.54, 1.807) is 30.3 Å². The van der Waals surface area contributed by atoms with Crippen molar-refractivity contribution in [1.82, 2.24) is 10.2 Å². The summed E-state index contributed by atoms with van der Waals surface area (Å²) in [6.07, 6.45) is -11.1. The topological polar surface area (TPSA) is 69.7 Å². The third-order valence-electron chi connectivity index (χ3n) is 7.09. The average Bonchev–Trinajstić information content (AvgIpc) is 3.05. The van der Waals surface area contributed by atoms with Crippen molar-refractivity contribution in [2.45, 2.75) is 58.7 Å². The molecule has 0 saturated carbocycles. The van der Waals surface area contributed by atoms with Gasteiger partial charge in [-0.1, -0.05) is 57.2 Å². The zero-order valence-corrected chi connectivity index (χ0v) is 24.5. The van der Waals surface area contributed by atoms with Gasteiger partial charge in [-0.2, -0.15) is 26.3 Å². The first-order chi connectivity index (χ1) is 20.8. The van der Waals surface area contributed by atoms with Gasteiger partial charge in [-0.05, 0) is 41.3 Å². The Balaban J connectivity index is 1.80. The number of hydrogen-bond acceptors (Lipinski definition) is 3. The molecule has 0 fully saturated rings. The van der Waals surface area contributed by atoms with Crippen molar-refractivity contribution in [2.24, 2.45) is 5.41 Å². The number of benzene rings is 3. The van der Waals surface area contributed by atoms with Gasteiger partial charge in [0.15, 0.2) is 0 Å². The molecule has 1 aliphatic rings. The van der Waals surface area contributed by atoms with E-state index in [0.29, 0.717) is 23.4 Å². The van der Waals surface area contributed by atoms with Gasteiger partial charge in [0.05, 0.1) is 17.5 Å². The van der Waals surface area contributed by atoms with Crippen LogP contribution in [0.3, 0.4) is 0 Å². The van der Waals surface area contributed by atoms with Crippen LogP contribution in [0.2, 0.25) is 0 Å². The lowest BCUT2D eigenvalue weighted by atomic mass is 9.95. The fraction of sp³-hybridized carbons (Fsp3) is 0.344. The zero-order chi connectivity index (χ0) is 33.3. The number of carbonyl (C=O) groups is 3. The van der Waals surface area contributed by atoms with E-state index >= 15 is 0 Å². The number of anilines is 1. The number of fused-ring (bicyclic) bond motifs is 1. The number of nitrogens with zero attached hydrogens (tertiary/aromatic N) is 2. The molecule has 13 heteroatoms. The van der Waals surface area contributed by atoms with Crippen LogP contribution in [-0.2, 0) is 35.0 Å². The third-order valence-corrected chi connectivity index (χ3v) is 7.09. The summed E-state index contributed by atoms with van der Waals surface area (Å²) in [7, 11) is 0. The lowest BCUT2D eigenvalue weighted by Crippen LogP contribution is -2.52. The molecule has 240 valence electrons. The van der Waals surface area contributed by atoms with Crippen LogP contribution in [0.5, 0.6) is 0 Å². The van der Waals surface area contributed by atoms with Gasteiger partial charge < -0.3 is 15.1 Å². The molecule has 1 N–H and O–H groups in total. The molecule has 1 heterocycles. The third kappa shape index (κ3) is 8.00. The Morgan fingerprint density at radius 1 is 0.867 bits per heavy atom. The molecule has 0 aromatic heterocycles. The predicted octanol–water partition coefficient (Wildman–Crippen LogP) is 6.97. The molecule has 3 aromatic carbocycles. The predicted molar refractivity (Wildman–Crippen MR) is 151 cm³/mol. The molecule has 1 unspecified atom stereocenters. The highest BCUT2D eigenvalue weighted by Crippen LogP contribution is 2.38. The summed E-state index contributed by atoms with van der Waals surface area (Å²) in [6, 6.07) is 10.9. The Hall–Kier alpha value is -4.42. The maximum absolute atomic E-state index is 14.2. The first-order valence-corrected chi connectivity index (χ1v) is 13.8. The van der Waals surface area contributed by atoms with Crippen LogP contribution in [0, 0.1) is 11.2 Å². The monoisotopic (exact) mass is 637 g/mol. The van der Waals surface area contributed by atoms with Gasteiger partial charge in [-0.3, -0.25) is 14.4 Å². The van der Waals surface area contributed by atoms with Crippen LogP contribution in [0.15, 0.2) is 66.7 Å². The molecule has 0 aliphatic carbocycles. The molecule has 45 heavy (non-hydrogen) atoms. The van der Waals surface area contributed by atoms with Crippen LogP contribution in [-0.4, -0.2) is 35.2 Å². The van der Waals surface area contributed by atoms with Crippen molar-refractivity contribution < 1.29 is 45.1 Å². The number of para-hydroxylation sites is 1. The number of alkyl halides is 6. The van der Waals surface area contributed by atoms with Crippen LogP contribution in [0.4, 0.5) is 36.4 Å². The lowest BCUT2D eigenvalue weighted by Gasteiger charge is -2.34. The van der Waals surface area contributed by atoms with Crippen molar-refractivity contribution in [1.29, 1.82) is 0 Å². The van der Waals surface area contributed by atoms with Crippen molar-refractivity contribution in [2.75, 3.05) is 11.4 Å². The number of carbonyl (C=O) groups excluding carboxylic acids is 3. The summed E-state index contributed by atoms with van der Waals surface area (Å²) in [5.74, 6) is -3.46. The first-order valence-electron chi connectivity index (χ1n) is 13.8. The number of nitrogens with one attached hydrogen (secondary N) is 1. The minimum Gasteiger partial charge on any atom is -0.352 e. The average molecular weight is 638 g/mol. The maximum atomic E-state index is 14.2. The zero-order valence-electron chi connectivity index (χ0n) is 24.5. The number of amides is 3. The van der Waals surface area contributed by atoms with E-state index in [1.165, 1.54) is 23.1 Å². The fourth-order valence-corrected chi connectivity index (χ4v) is 5.01. The molecule has 1 atom stereocenters. The van der Waals surface area contributed by atoms with Crippen LogP contribution >= 0.6 is 0 Å². The fourth-order valence-electron chi connectivity index (χ4n) is 5.01.